The van der Waals surface area contributed by atoms with E-state index in [0.717, 1.165) is 27.6 Å². The molecule has 3 aromatic heterocycles. The molecule has 0 aliphatic carbocycles. The van der Waals surface area contributed by atoms with Gasteiger partial charge in [-0.1, -0.05) is 29.8 Å². The zero-order valence-electron chi connectivity index (χ0n) is 13.2. The number of hydrogen-bond donors (Lipinski definition) is 0. The topological polar surface area (TPSA) is 34.3 Å². The van der Waals surface area contributed by atoms with E-state index in [0.29, 0.717) is 17.1 Å². The SMILES string of the molecule is [C-]#[N+]c1ccc2c(n1)oc1c(-c3ccc(F)c[n+]3C)c(C)ccc12. The van der Waals surface area contributed by atoms with Gasteiger partial charge in [-0.15, -0.1) is 0 Å². The van der Waals surface area contributed by atoms with Crippen LogP contribution in [0.2, 0.25) is 0 Å². The van der Waals surface area contributed by atoms with Gasteiger partial charge in [0.1, 0.15) is 7.05 Å². The second-order valence-corrected chi connectivity index (χ2v) is 5.71. The van der Waals surface area contributed by atoms with E-state index >= 15 is 0 Å². The first-order chi connectivity index (χ1) is 11.6. The third-order valence-electron chi connectivity index (χ3n) is 4.17. The second-order valence-electron chi connectivity index (χ2n) is 5.71. The van der Waals surface area contributed by atoms with Crippen molar-refractivity contribution in [2.24, 2.45) is 7.05 Å². The summed E-state index contributed by atoms with van der Waals surface area (Å²) in [6.07, 6.45) is 1.44. The molecular formula is C19H13FN3O+. The van der Waals surface area contributed by atoms with Crippen molar-refractivity contribution in [2.75, 3.05) is 0 Å². The number of halogens is 1. The van der Waals surface area contributed by atoms with E-state index < -0.39 is 0 Å². The molecule has 0 aliphatic heterocycles. The summed E-state index contributed by atoms with van der Waals surface area (Å²) < 4.78 is 21.2. The summed E-state index contributed by atoms with van der Waals surface area (Å²) in [6, 6.07) is 10.7. The fourth-order valence-electron chi connectivity index (χ4n) is 3.02. The van der Waals surface area contributed by atoms with E-state index in [1.54, 1.807) is 23.7 Å². The van der Waals surface area contributed by atoms with Crippen LogP contribution in [-0.4, -0.2) is 4.98 Å². The maximum Gasteiger partial charge on any atom is 0.322 e. The third kappa shape index (κ3) is 2.04. The number of nitrogens with zero attached hydrogens (tertiary/aromatic N) is 3. The normalized spacial score (nSPS) is 11.1. The number of aromatic nitrogens is 2. The first-order valence-corrected chi connectivity index (χ1v) is 7.44. The van der Waals surface area contributed by atoms with Gasteiger partial charge in [-0.3, -0.25) is 0 Å². The van der Waals surface area contributed by atoms with Gasteiger partial charge in [0.2, 0.25) is 11.9 Å². The predicted molar refractivity (Wildman–Crippen MR) is 89.1 cm³/mol. The Bertz CT molecular complexity index is 1150. The molecule has 4 aromatic rings. The van der Waals surface area contributed by atoms with E-state index in [9.17, 15) is 4.39 Å². The van der Waals surface area contributed by atoms with E-state index in [4.69, 9.17) is 11.0 Å². The Morgan fingerprint density at radius 1 is 1.12 bits per heavy atom. The standard InChI is InChI=1S/C19H13FN3O/c1-11-4-6-13-14-7-9-16(21-2)22-19(14)24-18(13)17(11)15-8-5-12(20)10-23(15)3/h4-10H,1,3H3/q+1. The number of rotatable bonds is 1. The van der Waals surface area contributed by atoms with E-state index in [1.807, 2.05) is 25.1 Å². The number of furan rings is 1. The fraction of sp³-hybridized carbons (Fsp3) is 0.105. The second kappa shape index (κ2) is 5.14. The lowest BCUT2D eigenvalue weighted by Crippen LogP contribution is -2.31. The summed E-state index contributed by atoms with van der Waals surface area (Å²) in [5.41, 5.74) is 3.91. The number of pyridine rings is 2. The molecule has 1 aromatic carbocycles. The number of aryl methyl sites for hydroxylation is 2. The first kappa shape index (κ1) is 14.3. The summed E-state index contributed by atoms with van der Waals surface area (Å²) in [7, 11) is 1.80. The molecule has 5 heteroatoms. The van der Waals surface area contributed by atoms with Gasteiger partial charge in [0, 0.05) is 11.5 Å². The zero-order chi connectivity index (χ0) is 16.8. The number of fused-ring (bicyclic) bond motifs is 3. The van der Waals surface area contributed by atoms with Crippen LogP contribution in [-0.2, 0) is 7.05 Å². The van der Waals surface area contributed by atoms with Crippen molar-refractivity contribution >= 4 is 27.9 Å². The smallest absolute Gasteiger partial charge is 0.322 e. The Kier molecular flexibility index (Phi) is 3.07. The summed E-state index contributed by atoms with van der Waals surface area (Å²) in [6.45, 7) is 9.08. The molecule has 0 N–H and O–H groups in total. The first-order valence-electron chi connectivity index (χ1n) is 7.44. The van der Waals surface area contributed by atoms with Gasteiger partial charge in [-0.05, 0) is 24.6 Å². The molecule has 0 spiro atoms. The molecule has 24 heavy (non-hydrogen) atoms. The average Bonchev–Trinajstić information content (AvgIpc) is 2.93. The quantitative estimate of drug-likeness (QED) is 0.383. The Labute approximate surface area is 137 Å². The minimum Gasteiger partial charge on any atom is -0.419 e. The largest absolute Gasteiger partial charge is 0.419 e. The molecule has 0 atom stereocenters. The summed E-state index contributed by atoms with van der Waals surface area (Å²) in [5.74, 6) is 0.00576. The lowest BCUT2D eigenvalue weighted by molar-refractivity contribution is -0.661. The molecular weight excluding hydrogens is 305 g/mol. The molecule has 116 valence electrons. The highest BCUT2D eigenvalue weighted by molar-refractivity contribution is 6.09. The monoisotopic (exact) mass is 318 g/mol. The molecule has 4 rings (SSSR count). The Morgan fingerprint density at radius 2 is 1.92 bits per heavy atom. The number of hydrogen-bond acceptors (Lipinski definition) is 2. The summed E-state index contributed by atoms with van der Waals surface area (Å²) in [4.78, 5) is 7.59. The maximum absolute atomic E-state index is 13.4. The van der Waals surface area contributed by atoms with Gasteiger partial charge in [0.25, 0.3) is 5.82 Å². The maximum atomic E-state index is 13.4. The Hall–Kier alpha value is -3.26. The van der Waals surface area contributed by atoms with Crippen molar-refractivity contribution in [2.45, 2.75) is 6.92 Å². The van der Waals surface area contributed by atoms with Gasteiger partial charge >= 0.3 is 5.71 Å². The summed E-state index contributed by atoms with van der Waals surface area (Å²) in [5, 5.41) is 1.79. The van der Waals surface area contributed by atoms with Crippen LogP contribution in [0, 0.1) is 19.3 Å². The molecule has 0 bridgehead atoms. The van der Waals surface area contributed by atoms with Crippen LogP contribution in [0.3, 0.4) is 0 Å². The Morgan fingerprint density at radius 3 is 2.67 bits per heavy atom. The van der Waals surface area contributed by atoms with Gasteiger partial charge in [-0.2, -0.15) is 4.57 Å². The van der Waals surface area contributed by atoms with Gasteiger partial charge in [0.15, 0.2) is 11.4 Å². The van der Waals surface area contributed by atoms with Crippen molar-refractivity contribution in [1.29, 1.82) is 0 Å². The molecule has 4 nitrogen and oxygen atoms in total. The molecule has 0 fully saturated rings. The van der Waals surface area contributed by atoms with E-state index in [2.05, 4.69) is 9.83 Å². The Balaban J connectivity index is 2.11. The molecule has 0 saturated heterocycles. The van der Waals surface area contributed by atoms with Crippen molar-refractivity contribution in [3.05, 3.63) is 65.4 Å². The van der Waals surface area contributed by atoms with Gasteiger partial charge in [0.05, 0.1) is 10.9 Å². The average molecular weight is 318 g/mol. The van der Waals surface area contributed by atoms with Crippen molar-refractivity contribution in [3.8, 4) is 11.3 Å². The molecule has 3 heterocycles. The van der Waals surface area contributed by atoms with Crippen LogP contribution in [0.1, 0.15) is 5.56 Å². The zero-order valence-corrected chi connectivity index (χ0v) is 13.2. The van der Waals surface area contributed by atoms with Crippen LogP contribution in [0.25, 0.3) is 38.2 Å². The van der Waals surface area contributed by atoms with Crippen LogP contribution >= 0.6 is 0 Å². The highest BCUT2D eigenvalue weighted by atomic mass is 19.1. The highest BCUT2D eigenvalue weighted by Gasteiger charge is 2.22. The number of benzene rings is 1. The molecule has 0 unspecified atom stereocenters. The lowest BCUT2D eigenvalue weighted by atomic mass is 10.0. The van der Waals surface area contributed by atoms with E-state index in [1.165, 1.54) is 12.3 Å². The van der Waals surface area contributed by atoms with Crippen molar-refractivity contribution < 1.29 is 13.4 Å². The van der Waals surface area contributed by atoms with Crippen molar-refractivity contribution in [3.63, 3.8) is 0 Å². The predicted octanol–water partition coefficient (Wildman–Crippen LogP) is 4.47. The van der Waals surface area contributed by atoms with Gasteiger partial charge < -0.3 is 9.26 Å². The van der Waals surface area contributed by atoms with Crippen LogP contribution < -0.4 is 4.57 Å². The molecule has 0 radical (unpaired) electrons. The fourth-order valence-corrected chi connectivity index (χ4v) is 3.02. The minimum atomic E-state index is -0.293. The lowest BCUT2D eigenvalue weighted by Gasteiger charge is -2.05. The van der Waals surface area contributed by atoms with Crippen LogP contribution in [0.5, 0.6) is 0 Å². The van der Waals surface area contributed by atoms with Crippen LogP contribution in [0.4, 0.5) is 10.2 Å². The van der Waals surface area contributed by atoms with Gasteiger partial charge in [-0.25, -0.2) is 4.39 Å². The van der Waals surface area contributed by atoms with Crippen LogP contribution in [0.15, 0.2) is 47.0 Å². The minimum absolute atomic E-state index is 0.293. The molecule has 0 amide bonds. The summed E-state index contributed by atoms with van der Waals surface area (Å²) >= 11 is 0. The highest BCUT2D eigenvalue weighted by Crippen LogP contribution is 2.36. The van der Waals surface area contributed by atoms with Crippen molar-refractivity contribution in [1.82, 2.24) is 4.98 Å². The molecule has 0 aliphatic rings. The third-order valence-corrected chi connectivity index (χ3v) is 4.17. The van der Waals surface area contributed by atoms with E-state index in [-0.39, 0.29) is 5.82 Å². The molecule has 0 saturated carbocycles.